The predicted octanol–water partition coefficient (Wildman–Crippen LogP) is 3.19. The monoisotopic (exact) mass is 615 g/mol. The van der Waals surface area contributed by atoms with Gasteiger partial charge in [0, 0.05) is 19.0 Å². The lowest BCUT2D eigenvalue weighted by Crippen LogP contribution is -2.59. The minimum absolute atomic E-state index is 0.00999. The number of likely N-dealkylation sites (tertiary alicyclic amines) is 1. The molecule has 1 aliphatic carbocycles. The number of benzene rings is 1. The summed E-state index contributed by atoms with van der Waals surface area (Å²) < 4.78 is 14.5. The average Bonchev–Trinajstić information content (AvgIpc) is 3.33. The number of amides is 4. The van der Waals surface area contributed by atoms with Gasteiger partial charge in [0.2, 0.25) is 17.7 Å². The van der Waals surface area contributed by atoms with Crippen LogP contribution in [-0.4, -0.2) is 75.1 Å². The number of carbonyl (C=O) groups excluding carboxylic acids is 4. The smallest absolute Gasteiger partial charge is 0.258 e. The van der Waals surface area contributed by atoms with Crippen molar-refractivity contribution in [2.75, 3.05) is 6.54 Å². The van der Waals surface area contributed by atoms with Gasteiger partial charge in [-0.05, 0) is 50.2 Å². The Morgan fingerprint density at radius 3 is 2.30 bits per heavy atom. The van der Waals surface area contributed by atoms with E-state index in [9.17, 15) is 28.7 Å². The van der Waals surface area contributed by atoms with Gasteiger partial charge in [-0.1, -0.05) is 45.0 Å². The Labute approximate surface area is 255 Å². The number of aliphatic hydroxyl groups excluding tert-OH is 1. The van der Waals surface area contributed by atoms with Crippen molar-refractivity contribution in [2.45, 2.75) is 103 Å². The van der Waals surface area contributed by atoms with Crippen LogP contribution >= 0.6 is 11.3 Å². The molecule has 10 nitrogen and oxygen atoms in total. The van der Waals surface area contributed by atoms with Crippen molar-refractivity contribution in [2.24, 2.45) is 5.41 Å². The van der Waals surface area contributed by atoms with Crippen molar-refractivity contribution in [3.63, 3.8) is 0 Å². The molecule has 0 bridgehead atoms. The third-order valence-electron chi connectivity index (χ3n) is 7.83. The SMILES string of the molecule is Cc1ncsc1-c1ccc([C@@H](CC(=O)NC(C)C)NC(=O)C2C[C@@H](O)CN2C(=O)C(NC(=O)C2(F)CC2)C(C)(C)C)cc1. The molecule has 2 heterocycles. The van der Waals surface area contributed by atoms with E-state index < -0.39 is 53.0 Å². The number of hydrogen-bond donors (Lipinski definition) is 4. The number of aromatic nitrogens is 1. The Balaban J connectivity index is 1.56. The first-order chi connectivity index (χ1) is 20.1. The van der Waals surface area contributed by atoms with E-state index >= 15 is 0 Å². The molecule has 2 aromatic rings. The summed E-state index contributed by atoms with van der Waals surface area (Å²) in [6.07, 6.45) is -0.798. The van der Waals surface area contributed by atoms with Gasteiger partial charge in [-0.3, -0.25) is 19.2 Å². The van der Waals surface area contributed by atoms with Crippen LogP contribution in [0.4, 0.5) is 4.39 Å². The Morgan fingerprint density at radius 1 is 1.12 bits per heavy atom. The number of aliphatic hydroxyl groups is 1. The second-order valence-electron chi connectivity index (χ2n) is 13.0. The largest absolute Gasteiger partial charge is 0.391 e. The standard InChI is InChI=1S/C31H42FN5O5S/c1-17(2)34-24(39)14-22(19-7-9-20(10-8-19)25-18(3)33-16-43-25)35-27(40)23-13-21(38)15-37(23)28(41)26(30(4,5)6)36-29(42)31(32)11-12-31/h7-10,16-17,21-23,26,38H,11-15H2,1-6H3,(H,34,39)(H,35,40)(H,36,42)/t21-,22-,23?,26?/m1/s1. The van der Waals surface area contributed by atoms with Crippen molar-refractivity contribution in [3.05, 3.63) is 41.0 Å². The molecule has 1 saturated heterocycles. The fourth-order valence-corrected chi connectivity index (χ4v) is 6.06. The summed E-state index contributed by atoms with van der Waals surface area (Å²) in [7, 11) is 0. The lowest BCUT2D eigenvalue weighted by Gasteiger charge is -2.36. The van der Waals surface area contributed by atoms with E-state index in [4.69, 9.17) is 0 Å². The summed E-state index contributed by atoms with van der Waals surface area (Å²) in [6, 6.07) is 4.58. The summed E-state index contributed by atoms with van der Waals surface area (Å²) >= 11 is 1.52. The minimum atomic E-state index is -1.97. The molecule has 43 heavy (non-hydrogen) atoms. The number of alkyl halides is 1. The predicted molar refractivity (Wildman–Crippen MR) is 162 cm³/mol. The van der Waals surface area contributed by atoms with Crippen LogP contribution in [0.2, 0.25) is 0 Å². The molecule has 1 aromatic carbocycles. The van der Waals surface area contributed by atoms with E-state index in [0.717, 1.165) is 16.1 Å². The molecule has 1 aliphatic heterocycles. The first-order valence-corrected chi connectivity index (χ1v) is 15.6. The second-order valence-corrected chi connectivity index (χ2v) is 13.9. The van der Waals surface area contributed by atoms with Gasteiger partial charge in [0.15, 0.2) is 5.67 Å². The van der Waals surface area contributed by atoms with Gasteiger partial charge in [-0.25, -0.2) is 9.37 Å². The van der Waals surface area contributed by atoms with Crippen LogP contribution in [0.5, 0.6) is 0 Å². The highest BCUT2D eigenvalue weighted by Crippen LogP contribution is 2.40. The van der Waals surface area contributed by atoms with Gasteiger partial charge in [0.25, 0.3) is 5.91 Å². The number of halogens is 1. The summed E-state index contributed by atoms with van der Waals surface area (Å²) in [6.45, 7) is 10.8. The first-order valence-electron chi connectivity index (χ1n) is 14.7. The van der Waals surface area contributed by atoms with Gasteiger partial charge in [-0.15, -0.1) is 11.3 Å². The number of nitrogens with zero attached hydrogens (tertiary/aromatic N) is 2. The maximum atomic E-state index is 14.5. The Bertz CT molecular complexity index is 1350. The van der Waals surface area contributed by atoms with E-state index in [1.54, 1.807) is 26.3 Å². The lowest BCUT2D eigenvalue weighted by atomic mass is 9.85. The number of carbonyl (C=O) groups is 4. The van der Waals surface area contributed by atoms with E-state index in [2.05, 4.69) is 20.9 Å². The molecular formula is C31H42FN5O5S. The maximum absolute atomic E-state index is 14.5. The first kappa shape index (κ1) is 32.5. The quantitative estimate of drug-likeness (QED) is 0.324. The zero-order valence-corrected chi connectivity index (χ0v) is 26.4. The Hall–Kier alpha value is -3.38. The van der Waals surface area contributed by atoms with E-state index in [1.165, 1.54) is 16.2 Å². The van der Waals surface area contributed by atoms with E-state index in [0.29, 0.717) is 5.56 Å². The van der Waals surface area contributed by atoms with Gasteiger partial charge in [-0.2, -0.15) is 0 Å². The molecule has 4 rings (SSSR count). The van der Waals surface area contributed by atoms with E-state index in [1.807, 2.05) is 45.0 Å². The van der Waals surface area contributed by atoms with Crippen molar-refractivity contribution in [1.82, 2.24) is 25.8 Å². The zero-order valence-electron chi connectivity index (χ0n) is 25.6. The van der Waals surface area contributed by atoms with Crippen molar-refractivity contribution in [3.8, 4) is 10.4 Å². The molecule has 2 unspecified atom stereocenters. The summed E-state index contributed by atoms with van der Waals surface area (Å²) in [4.78, 5) is 59.5. The van der Waals surface area contributed by atoms with Crippen LogP contribution < -0.4 is 16.0 Å². The van der Waals surface area contributed by atoms with Crippen molar-refractivity contribution >= 4 is 35.0 Å². The molecule has 0 spiro atoms. The van der Waals surface area contributed by atoms with Crippen molar-refractivity contribution in [1.29, 1.82) is 0 Å². The highest BCUT2D eigenvalue weighted by atomic mass is 32.1. The highest BCUT2D eigenvalue weighted by molar-refractivity contribution is 7.13. The van der Waals surface area contributed by atoms with Crippen LogP contribution in [0.15, 0.2) is 29.8 Å². The third-order valence-corrected chi connectivity index (χ3v) is 8.80. The van der Waals surface area contributed by atoms with Crippen LogP contribution in [0.25, 0.3) is 10.4 Å². The van der Waals surface area contributed by atoms with E-state index in [-0.39, 0.29) is 44.2 Å². The zero-order chi connectivity index (χ0) is 31.7. The number of hydrogen-bond acceptors (Lipinski definition) is 7. The fraction of sp³-hybridized carbons (Fsp3) is 0.581. The molecule has 4 amide bonds. The Morgan fingerprint density at radius 2 is 1.77 bits per heavy atom. The van der Waals surface area contributed by atoms with Gasteiger partial charge in [0.05, 0.1) is 34.6 Å². The van der Waals surface area contributed by atoms with Gasteiger partial charge < -0.3 is 26.0 Å². The number of thiazole rings is 1. The molecule has 4 N–H and O–H groups in total. The molecule has 2 fully saturated rings. The number of aryl methyl sites for hydroxylation is 1. The summed E-state index contributed by atoms with van der Waals surface area (Å²) in [5, 5.41) is 18.9. The molecular weight excluding hydrogens is 573 g/mol. The summed E-state index contributed by atoms with van der Waals surface area (Å²) in [5.74, 6) is -2.19. The third kappa shape index (κ3) is 7.77. The van der Waals surface area contributed by atoms with Crippen LogP contribution in [0.1, 0.15) is 77.6 Å². The Kier molecular flexibility index (Phi) is 9.60. The summed E-state index contributed by atoms with van der Waals surface area (Å²) in [5.41, 5.74) is 1.59. The molecule has 12 heteroatoms. The molecule has 0 radical (unpaired) electrons. The average molecular weight is 616 g/mol. The van der Waals surface area contributed by atoms with Crippen LogP contribution in [0, 0.1) is 12.3 Å². The normalized spacial score (nSPS) is 20.8. The number of nitrogens with one attached hydrogen (secondary N) is 3. The number of β-amino-alcohol motifs (C(OH)–C–C–N with tert-alkyl or cyclic N) is 1. The van der Waals surface area contributed by atoms with Gasteiger partial charge >= 0.3 is 0 Å². The minimum Gasteiger partial charge on any atom is -0.391 e. The topological polar surface area (TPSA) is 141 Å². The molecule has 4 atom stereocenters. The highest BCUT2D eigenvalue weighted by Gasteiger charge is 2.53. The number of rotatable bonds is 10. The fourth-order valence-electron chi connectivity index (χ4n) is 5.25. The molecule has 234 valence electrons. The maximum Gasteiger partial charge on any atom is 0.258 e. The molecule has 2 aliphatic rings. The molecule has 1 saturated carbocycles. The van der Waals surface area contributed by atoms with Crippen molar-refractivity contribution < 1.29 is 28.7 Å². The van der Waals surface area contributed by atoms with Crippen LogP contribution in [-0.2, 0) is 19.2 Å². The lowest BCUT2D eigenvalue weighted by molar-refractivity contribution is -0.145. The second kappa shape index (κ2) is 12.7. The van der Waals surface area contributed by atoms with Crippen LogP contribution in [0.3, 0.4) is 0 Å². The van der Waals surface area contributed by atoms with Gasteiger partial charge in [0.1, 0.15) is 12.1 Å². The molecule has 1 aromatic heterocycles.